The molecule has 0 atom stereocenters. The van der Waals surface area contributed by atoms with E-state index in [4.69, 9.17) is 16.7 Å². The summed E-state index contributed by atoms with van der Waals surface area (Å²) in [5.41, 5.74) is 2.27. The maximum atomic E-state index is 11.2. The summed E-state index contributed by atoms with van der Waals surface area (Å²) >= 11 is 5.93. The molecule has 0 amide bonds. The Kier molecular flexibility index (Phi) is 2.90. The van der Waals surface area contributed by atoms with Gasteiger partial charge in [-0.3, -0.25) is 0 Å². The molecular weight excluding hydrogens is 240 g/mol. The first-order valence-electron chi connectivity index (χ1n) is 5.05. The van der Waals surface area contributed by atoms with E-state index in [1.165, 1.54) is 4.68 Å². The first kappa shape index (κ1) is 11.7. The van der Waals surface area contributed by atoms with Crippen molar-refractivity contribution in [2.24, 2.45) is 0 Å². The van der Waals surface area contributed by atoms with Gasteiger partial charge in [-0.2, -0.15) is 5.10 Å². The summed E-state index contributed by atoms with van der Waals surface area (Å²) < 4.78 is 1.51. The van der Waals surface area contributed by atoms with Gasteiger partial charge in [0.05, 0.1) is 22.0 Å². The third kappa shape index (κ3) is 2.03. The molecule has 1 aromatic carbocycles. The lowest BCUT2D eigenvalue weighted by Crippen LogP contribution is -2.07. The number of halogens is 1. The van der Waals surface area contributed by atoms with Gasteiger partial charge >= 0.3 is 5.97 Å². The molecule has 0 aliphatic rings. The van der Waals surface area contributed by atoms with Crippen LogP contribution in [0.25, 0.3) is 5.69 Å². The number of rotatable bonds is 2. The Bertz CT molecular complexity index is 571. The number of aromatic carboxylic acids is 1. The number of carbonyl (C=O) groups is 1. The lowest BCUT2D eigenvalue weighted by Gasteiger charge is -2.09. The second-order valence-corrected chi connectivity index (χ2v) is 4.19. The smallest absolute Gasteiger partial charge is 0.337 e. The Morgan fingerprint density at radius 1 is 1.41 bits per heavy atom. The van der Waals surface area contributed by atoms with Crippen molar-refractivity contribution in [3.05, 3.63) is 46.2 Å². The summed E-state index contributed by atoms with van der Waals surface area (Å²) in [4.78, 5) is 11.2. The monoisotopic (exact) mass is 250 g/mol. The fraction of sp³-hybridized carbons (Fsp3) is 0.167. The van der Waals surface area contributed by atoms with Gasteiger partial charge in [0.2, 0.25) is 0 Å². The van der Waals surface area contributed by atoms with Gasteiger partial charge in [0.1, 0.15) is 0 Å². The number of benzene rings is 1. The highest BCUT2D eigenvalue weighted by Gasteiger charge is 2.15. The minimum atomic E-state index is -0.979. The van der Waals surface area contributed by atoms with E-state index in [-0.39, 0.29) is 5.56 Å². The molecule has 0 bridgehead atoms. The van der Waals surface area contributed by atoms with Crippen molar-refractivity contribution < 1.29 is 9.90 Å². The van der Waals surface area contributed by atoms with Crippen LogP contribution < -0.4 is 0 Å². The van der Waals surface area contributed by atoms with Gasteiger partial charge in [-0.05, 0) is 25.5 Å². The van der Waals surface area contributed by atoms with Crippen molar-refractivity contribution in [1.82, 2.24) is 9.78 Å². The summed E-state index contributed by atoms with van der Waals surface area (Å²) in [5.74, 6) is -0.979. The van der Waals surface area contributed by atoms with Crippen LogP contribution in [0, 0.1) is 13.8 Å². The van der Waals surface area contributed by atoms with Gasteiger partial charge in [0.25, 0.3) is 0 Å². The summed E-state index contributed by atoms with van der Waals surface area (Å²) in [5, 5.41) is 13.9. The lowest BCUT2D eigenvalue weighted by molar-refractivity contribution is 0.0696. The number of aryl methyl sites for hydroxylation is 2. The number of aromatic nitrogens is 2. The van der Waals surface area contributed by atoms with E-state index in [1.807, 2.05) is 13.0 Å². The molecule has 0 fully saturated rings. The van der Waals surface area contributed by atoms with Crippen molar-refractivity contribution in [2.75, 3.05) is 0 Å². The average Bonchev–Trinajstić information content (AvgIpc) is 2.58. The SMILES string of the molecule is Cc1cccc(C(=O)O)c1-n1cc(Cl)c(C)n1. The third-order valence-electron chi connectivity index (χ3n) is 2.54. The van der Waals surface area contributed by atoms with Crippen LogP contribution >= 0.6 is 11.6 Å². The Balaban J connectivity index is 2.69. The zero-order chi connectivity index (χ0) is 12.6. The minimum absolute atomic E-state index is 0.212. The summed E-state index contributed by atoms with van der Waals surface area (Å²) in [6, 6.07) is 5.10. The van der Waals surface area contributed by atoms with Gasteiger partial charge in [0.15, 0.2) is 0 Å². The normalized spacial score (nSPS) is 10.5. The van der Waals surface area contributed by atoms with Crippen LogP contribution in [-0.4, -0.2) is 20.9 Å². The van der Waals surface area contributed by atoms with Crippen LogP contribution in [-0.2, 0) is 0 Å². The van der Waals surface area contributed by atoms with E-state index in [2.05, 4.69) is 5.10 Å². The fourth-order valence-electron chi connectivity index (χ4n) is 1.69. The first-order chi connectivity index (χ1) is 8.00. The maximum Gasteiger partial charge on any atom is 0.337 e. The Labute approximate surface area is 103 Å². The van der Waals surface area contributed by atoms with Crippen LogP contribution in [0.4, 0.5) is 0 Å². The molecule has 0 saturated heterocycles. The molecule has 0 unspecified atom stereocenters. The van der Waals surface area contributed by atoms with Crippen LogP contribution in [0.3, 0.4) is 0 Å². The number of nitrogens with zero attached hydrogens (tertiary/aromatic N) is 2. The molecule has 0 radical (unpaired) electrons. The van der Waals surface area contributed by atoms with Crippen LogP contribution in [0.5, 0.6) is 0 Å². The summed E-state index contributed by atoms with van der Waals surface area (Å²) in [6.07, 6.45) is 1.62. The molecule has 88 valence electrons. The van der Waals surface area contributed by atoms with E-state index >= 15 is 0 Å². The molecular formula is C12H11ClN2O2. The molecule has 4 nitrogen and oxygen atoms in total. The van der Waals surface area contributed by atoms with Crippen LogP contribution in [0.1, 0.15) is 21.6 Å². The molecule has 1 N–H and O–H groups in total. The number of hydrogen-bond acceptors (Lipinski definition) is 2. The molecule has 0 spiro atoms. The van der Waals surface area contributed by atoms with Gasteiger partial charge < -0.3 is 5.11 Å². The van der Waals surface area contributed by atoms with Gasteiger partial charge in [0, 0.05) is 6.20 Å². The predicted molar refractivity (Wildman–Crippen MR) is 65.0 cm³/mol. The lowest BCUT2D eigenvalue weighted by atomic mass is 10.1. The number of hydrogen-bond donors (Lipinski definition) is 1. The summed E-state index contributed by atoms with van der Waals surface area (Å²) in [7, 11) is 0. The fourth-order valence-corrected chi connectivity index (χ4v) is 1.82. The second kappa shape index (κ2) is 4.22. The van der Waals surface area contributed by atoms with Gasteiger partial charge in [-0.1, -0.05) is 23.7 Å². The number of carboxylic acids is 1. The largest absolute Gasteiger partial charge is 0.478 e. The topological polar surface area (TPSA) is 55.1 Å². The molecule has 2 aromatic rings. The van der Waals surface area contributed by atoms with E-state index < -0.39 is 5.97 Å². The van der Waals surface area contributed by atoms with Crippen LogP contribution in [0.2, 0.25) is 5.02 Å². The summed E-state index contributed by atoms with van der Waals surface area (Å²) in [6.45, 7) is 3.62. The molecule has 2 rings (SSSR count). The zero-order valence-corrected chi connectivity index (χ0v) is 10.2. The van der Waals surface area contributed by atoms with E-state index in [1.54, 1.807) is 25.3 Å². The molecule has 1 aromatic heterocycles. The van der Waals surface area contributed by atoms with E-state index in [9.17, 15) is 4.79 Å². The molecule has 0 aliphatic carbocycles. The minimum Gasteiger partial charge on any atom is -0.478 e. The Morgan fingerprint density at radius 3 is 2.65 bits per heavy atom. The highest BCUT2D eigenvalue weighted by Crippen LogP contribution is 2.22. The number of carboxylic acid groups (broad SMARTS) is 1. The predicted octanol–water partition coefficient (Wildman–Crippen LogP) is 2.84. The maximum absolute atomic E-state index is 11.2. The van der Waals surface area contributed by atoms with Crippen molar-refractivity contribution in [2.45, 2.75) is 13.8 Å². The third-order valence-corrected chi connectivity index (χ3v) is 2.91. The molecule has 0 saturated carbocycles. The average molecular weight is 251 g/mol. The van der Waals surface area contributed by atoms with E-state index in [0.717, 1.165) is 5.56 Å². The quantitative estimate of drug-likeness (QED) is 0.892. The van der Waals surface area contributed by atoms with Crippen molar-refractivity contribution in [1.29, 1.82) is 0 Å². The van der Waals surface area contributed by atoms with Gasteiger partial charge in [-0.25, -0.2) is 9.48 Å². The Morgan fingerprint density at radius 2 is 2.12 bits per heavy atom. The zero-order valence-electron chi connectivity index (χ0n) is 9.44. The van der Waals surface area contributed by atoms with Crippen molar-refractivity contribution in [3.8, 4) is 5.69 Å². The van der Waals surface area contributed by atoms with Crippen LogP contribution in [0.15, 0.2) is 24.4 Å². The molecule has 5 heteroatoms. The standard InChI is InChI=1S/C12H11ClN2O2/c1-7-4-3-5-9(12(16)17)11(7)15-6-10(13)8(2)14-15/h3-6H,1-2H3,(H,16,17). The van der Waals surface area contributed by atoms with Gasteiger partial charge in [-0.15, -0.1) is 0 Å². The Hall–Kier alpha value is -1.81. The van der Waals surface area contributed by atoms with Crippen molar-refractivity contribution >= 4 is 17.6 Å². The first-order valence-corrected chi connectivity index (χ1v) is 5.43. The molecule has 17 heavy (non-hydrogen) atoms. The van der Waals surface area contributed by atoms with E-state index in [0.29, 0.717) is 16.4 Å². The second-order valence-electron chi connectivity index (χ2n) is 3.78. The number of para-hydroxylation sites is 1. The molecule has 1 heterocycles. The molecule has 0 aliphatic heterocycles. The highest BCUT2D eigenvalue weighted by atomic mass is 35.5. The van der Waals surface area contributed by atoms with Crippen molar-refractivity contribution in [3.63, 3.8) is 0 Å². The highest BCUT2D eigenvalue weighted by molar-refractivity contribution is 6.31.